The van der Waals surface area contributed by atoms with E-state index in [1.807, 2.05) is 0 Å². The Labute approximate surface area is 171 Å². The molecule has 0 bridgehead atoms. The molecule has 0 radical (unpaired) electrons. The Morgan fingerprint density at radius 1 is 1.07 bits per heavy atom. The molecule has 2 aromatic carbocycles. The summed E-state index contributed by atoms with van der Waals surface area (Å²) >= 11 is 0. The van der Waals surface area contributed by atoms with Gasteiger partial charge in [-0.05, 0) is 36.4 Å². The van der Waals surface area contributed by atoms with Crippen molar-refractivity contribution in [1.82, 2.24) is 9.71 Å². The van der Waals surface area contributed by atoms with Crippen molar-refractivity contribution in [2.75, 3.05) is 0 Å². The topological polar surface area (TPSA) is 125 Å². The second-order valence-electron chi connectivity index (χ2n) is 6.42. The Balaban J connectivity index is 1.63. The lowest BCUT2D eigenvalue weighted by atomic mass is 10.1. The van der Waals surface area contributed by atoms with Crippen LogP contribution in [0, 0.1) is 0 Å². The molecule has 4 rings (SSSR count). The number of pyridine rings is 1. The largest absolute Gasteiger partial charge is 0.494 e. The number of furan rings is 1. The average molecular weight is 423 g/mol. The van der Waals surface area contributed by atoms with Gasteiger partial charge in [-0.15, -0.1) is 0 Å². The van der Waals surface area contributed by atoms with Crippen molar-refractivity contribution in [2.45, 2.75) is 11.4 Å². The molecule has 0 atom stereocenters. The van der Waals surface area contributed by atoms with Crippen molar-refractivity contribution in [3.8, 4) is 5.88 Å². The van der Waals surface area contributed by atoms with Gasteiger partial charge in [-0.3, -0.25) is 14.8 Å². The Kier molecular flexibility index (Phi) is 5.21. The number of fused-ring (bicyclic) bond motifs is 1. The molecule has 0 aliphatic carbocycles. The van der Waals surface area contributed by atoms with Gasteiger partial charge in [0.05, 0.1) is 29.0 Å². The molecule has 2 aromatic heterocycles. The molecule has 0 aliphatic rings. The number of nitrogens with zero attached hydrogens (tertiary/aromatic N) is 1. The van der Waals surface area contributed by atoms with Gasteiger partial charge in [-0.25, -0.2) is 13.1 Å². The molecule has 0 saturated carbocycles. The van der Waals surface area contributed by atoms with E-state index < -0.39 is 15.6 Å². The molecule has 0 aliphatic heterocycles. The first-order chi connectivity index (χ1) is 14.4. The van der Waals surface area contributed by atoms with Crippen LogP contribution in [0.4, 0.5) is 5.69 Å². The molecule has 0 amide bonds. The number of aromatic nitrogens is 1. The highest BCUT2D eigenvalue weighted by Gasteiger charge is 2.15. The summed E-state index contributed by atoms with van der Waals surface area (Å²) in [7, 11) is -3.77. The number of aromatic hydroxyl groups is 1. The molecule has 9 heteroatoms. The predicted molar refractivity (Wildman–Crippen MR) is 113 cm³/mol. The van der Waals surface area contributed by atoms with Crippen molar-refractivity contribution < 1.29 is 17.9 Å². The second-order valence-corrected chi connectivity index (χ2v) is 8.19. The fraction of sp³-hybridized carbons (Fsp3) is 0.0476. The van der Waals surface area contributed by atoms with E-state index in [2.05, 4.69) is 14.7 Å². The molecule has 0 saturated heterocycles. The molecule has 3 N–H and O–H groups in total. The zero-order valence-corrected chi connectivity index (χ0v) is 16.4. The minimum absolute atomic E-state index is 0.0278. The summed E-state index contributed by atoms with van der Waals surface area (Å²) in [4.78, 5) is 18.7. The van der Waals surface area contributed by atoms with Crippen molar-refractivity contribution in [3.63, 3.8) is 0 Å². The second kappa shape index (κ2) is 7.97. The van der Waals surface area contributed by atoms with Crippen LogP contribution < -0.4 is 10.3 Å². The highest BCUT2D eigenvalue weighted by Crippen LogP contribution is 2.23. The van der Waals surface area contributed by atoms with Gasteiger partial charge >= 0.3 is 0 Å². The van der Waals surface area contributed by atoms with Crippen LogP contribution in [0.2, 0.25) is 0 Å². The van der Waals surface area contributed by atoms with Crippen LogP contribution in [0.1, 0.15) is 11.3 Å². The third-order valence-corrected chi connectivity index (χ3v) is 5.83. The first-order valence-electron chi connectivity index (χ1n) is 8.94. The number of hydrogen-bond donors (Lipinski definition) is 3. The quantitative estimate of drug-likeness (QED) is 0.411. The molecule has 2 heterocycles. The molecule has 30 heavy (non-hydrogen) atoms. The summed E-state index contributed by atoms with van der Waals surface area (Å²) < 4.78 is 32.7. The van der Waals surface area contributed by atoms with E-state index in [-0.39, 0.29) is 17.3 Å². The van der Waals surface area contributed by atoms with Gasteiger partial charge in [0.25, 0.3) is 5.56 Å². The van der Waals surface area contributed by atoms with Gasteiger partial charge in [0.2, 0.25) is 15.9 Å². The summed E-state index contributed by atoms with van der Waals surface area (Å²) in [6, 6.07) is 16.2. The van der Waals surface area contributed by atoms with E-state index in [4.69, 9.17) is 4.42 Å². The number of aliphatic imine (C=N–C) groups is 1. The number of sulfonamides is 1. The number of aromatic amines is 1. The molecule has 152 valence electrons. The molecule has 8 nitrogen and oxygen atoms in total. The Hall–Kier alpha value is -3.69. The SMILES string of the molecule is O=c1[nH]c(O)c(C=Nc2cccc(S(=O)(=O)NCc3ccco3)c2)c2ccccc12. The maximum Gasteiger partial charge on any atom is 0.258 e. The first-order valence-corrected chi connectivity index (χ1v) is 10.4. The molecule has 0 fully saturated rings. The van der Waals surface area contributed by atoms with Crippen LogP contribution in [-0.2, 0) is 16.6 Å². The number of hydrogen-bond acceptors (Lipinski definition) is 6. The third kappa shape index (κ3) is 4.02. The minimum atomic E-state index is -3.77. The lowest BCUT2D eigenvalue weighted by Gasteiger charge is -2.06. The zero-order chi connectivity index (χ0) is 21.1. The monoisotopic (exact) mass is 423 g/mol. The number of nitrogens with one attached hydrogen (secondary N) is 2. The van der Waals surface area contributed by atoms with E-state index in [9.17, 15) is 18.3 Å². The Morgan fingerprint density at radius 3 is 2.63 bits per heavy atom. The van der Waals surface area contributed by atoms with Crippen LogP contribution in [0.15, 0.2) is 86.0 Å². The standard InChI is InChI=1S/C21H17N3O5S/c25-20-18-9-2-1-8-17(18)19(21(26)24-20)13-22-14-5-3-7-16(11-14)30(27,28)23-12-15-6-4-10-29-15/h1-11,13,23H,12H2,(H2,24,25,26). The summed E-state index contributed by atoms with van der Waals surface area (Å²) in [5.74, 6) is 0.180. The summed E-state index contributed by atoms with van der Waals surface area (Å²) in [6.07, 6.45) is 2.85. The van der Waals surface area contributed by atoms with Crippen LogP contribution in [0.5, 0.6) is 5.88 Å². The lowest BCUT2D eigenvalue weighted by molar-refractivity contribution is 0.452. The summed E-state index contributed by atoms with van der Waals surface area (Å²) in [6.45, 7) is 0.0278. The molecule has 0 spiro atoms. The molecular weight excluding hydrogens is 406 g/mol. The number of H-pyrrole nitrogens is 1. The Morgan fingerprint density at radius 2 is 1.87 bits per heavy atom. The maximum atomic E-state index is 12.5. The van der Waals surface area contributed by atoms with Crippen molar-refractivity contribution in [3.05, 3.63) is 88.6 Å². The zero-order valence-electron chi connectivity index (χ0n) is 15.6. The fourth-order valence-electron chi connectivity index (χ4n) is 2.95. The highest BCUT2D eigenvalue weighted by atomic mass is 32.2. The van der Waals surface area contributed by atoms with Gasteiger partial charge in [0, 0.05) is 17.0 Å². The van der Waals surface area contributed by atoms with E-state index in [1.165, 1.54) is 24.6 Å². The molecule has 0 unspecified atom stereocenters. The summed E-state index contributed by atoms with van der Waals surface area (Å²) in [5.41, 5.74) is 0.288. The lowest BCUT2D eigenvalue weighted by Crippen LogP contribution is -2.22. The van der Waals surface area contributed by atoms with Crippen molar-refractivity contribution in [2.24, 2.45) is 4.99 Å². The molecule has 4 aromatic rings. The van der Waals surface area contributed by atoms with Crippen LogP contribution in [-0.4, -0.2) is 24.7 Å². The highest BCUT2D eigenvalue weighted by molar-refractivity contribution is 7.89. The number of rotatable bonds is 6. The predicted octanol–water partition coefficient (Wildman–Crippen LogP) is 3.06. The summed E-state index contributed by atoms with van der Waals surface area (Å²) in [5, 5.41) is 11.1. The van der Waals surface area contributed by atoms with E-state index in [0.29, 0.717) is 27.8 Å². The van der Waals surface area contributed by atoms with E-state index in [1.54, 1.807) is 48.5 Å². The van der Waals surface area contributed by atoms with Crippen molar-refractivity contribution in [1.29, 1.82) is 0 Å². The van der Waals surface area contributed by atoms with Gasteiger partial charge in [-0.1, -0.05) is 24.3 Å². The van der Waals surface area contributed by atoms with Crippen LogP contribution in [0.3, 0.4) is 0 Å². The van der Waals surface area contributed by atoms with Gasteiger partial charge in [0.15, 0.2) is 0 Å². The smallest absolute Gasteiger partial charge is 0.258 e. The van der Waals surface area contributed by atoms with Crippen LogP contribution in [0.25, 0.3) is 10.8 Å². The number of benzene rings is 2. The van der Waals surface area contributed by atoms with E-state index >= 15 is 0 Å². The Bertz CT molecular complexity index is 1390. The first kappa shape index (κ1) is 19.6. The fourth-order valence-corrected chi connectivity index (χ4v) is 3.98. The molecular formula is C21H17N3O5S. The van der Waals surface area contributed by atoms with Gasteiger partial charge < -0.3 is 9.52 Å². The van der Waals surface area contributed by atoms with Crippen LogP contribution >= 0.6 is 0 Å². The van der Waals surface area contributed by atoms with Gasteiger partial charge in [0.1, 0.15) is 5.76 Å². The normalized spacial score (nSPS) is 12.0. The van der Waals surface area contributed by atoms with Crippen molar-refractivity contribution >= 4 is 32.7 Å². The third-order valence-electron chi connectivity index (χ3n) is 4.44. The van der Waals surface area contributed by atoms with E-state index in [0.717, 1.165) is 0 Å². The average Bonchev–Trinajstić information content (AvgIpc) is 3.26. The van der Waals surface area contributed by atoms with Gasteiger partial charge in [-0.2, -0.15) is 0 Å². The maximum absolute atomic E-state index is 12.5. The minimum Gasteiger partial charge on any atom is -0.494 e.